The molecule has 7 nitrogen and oxygen atoms in total. The molecule has 0 aliphatic heterocycles. The zero-order valence-electron chi connectivity index (χ0n) is 10.2. The largest absolute Gasteiger partial charge is 0.481 e. The van der Waals surface area contributed by atoms with Gasteiger partial charge in [-0.05, 0) is 17.7 Å². The normalized spacial score (nSPS) is 10.2. The standard InChI is InChI=1S/C12H10N4O3S/c13-5-8-1-3-9(4-2-8)6-16-11(19)14-15-12(16)20-7-10(17)18/h1-4H,6-7H2,(H,14,19)(H,17,18). The number of carboxylic acids is 1. The molecule has 0 atom stereocenters. The second-order valence-corrected chi connectivity index (χ2v) is 4.83. The van der Waals surface area contributed by atoms with Crippen LogP contribution in [-0.2, 0) is 11.3 Å². The maximum absolute atomic E-state index is 11.6. The van der Waals surface area contributed by atoms with E-state index in [1.165, 1.54) is 4.57 Å². The summed E-state index contributed by atoms with van der Waals surface area (Å²) in [5, 5.41) is 23.8. The number of thioether (sulfide) groups is 1. The SMILES string of the molecule is N#Cc1ccc(Cn2c(SCC(=O)O)n[nH]c2=O)cc1. The van der Waals surface area contributed by atoms with Gasteiger partial charge in [0.25, 0.3) is 0 Å². The van der Waals surface area contributed by atoms with Gasteiger partial charge in [-0.3, -0.25) is 9.36 Å². The highest BCUT2D eigenvalue weighted by atomic mass is 32.2. The van der Waals surface area contributed by atoms with Crippen molar-refractivity contribution >= 4 is 17.7 Å². The summed E-state index contributed by atoms with van der Waals surface area (Å²) in [6.45, 7) is 0.267. The molecule has 2 N–H and O–H groups in total. The molecule has 2 rings (SSSR count). The minimum atomic E-state index is -0.977. The molecule has 0 radical (unpaired) electrons. The van der Waals surface area contributed by atoms with Crippen LogP contribution in [0.5, 0.6) is 0 Å². The molecule has 0 fully saturated rings. The van der Waals surface area contributed by atoms with Gasteiger partial charge in [0.15, 0.2) is 5.16 Å². The fourth-order valence-electron chi connectivity index (χ4n) is 1.55. The summed E-state index contributed by atoms with van der Waals surface area (Å²) in [7, 11) is 0. The van der Waals surface area contributed by atoms with Gasteiger partial charge in [-0.25, -0.2) is 9.89 Å². The first-order valence-corrected chi connectivity index (χ1v) is 6.57. The minimum Gasteiger partial charge on any atom is -0.481 e. The van der Waals surface area contributed by atoms with Crippen molar-refractivity contribution in [2.24, 2.45) is 0 Å². The molecule has 0 amide bonds. The Morgan fingerprint density at radius 3 is 2.75 bits per heavy atom. The Balaban J connectivity index is 2.19. The number of benzene rings is 1. The zero-order valence-corrected chi connectivity index (χ0v) is 11.1. The van der Waals surface area contributed by atoms with E-state index in [2.05, 4.69) is 10.2 Å². The number of aromatic amines is 1. The van der Waals surface area contributed by atoms with Gasteiger partial charge >= 0.3 is 11.7 Å². The molecule has 1 aromatic carbocycles. The molecule has 1 heterocycles. The number of hydrogen-bond acceptors (Lipinski definition) is 5. The first-order chi connectivity index (χ1) is 9.60. The lowest BCUT2D eigenvalue weighted by Gasteiger charge is -2.04. The lowest BCUT2D eigenvalue weighted by molar-refractivity contribution is -0.133. The summed E-state index contributed by atoms with van der Waals surface area (Å²) < 4.78 is 1.36. The van der Waals surface area contributed by atoms with Gasteiger partial charge in [0.2, 0.25) is 0 Å². The van der Waals surface area contributed by atoms with Gasteiger partial charge in [-0.1, -0.05) is 23.9 Å². The molecule has 2 aromatic rings. The fraction of sp³-hybridized carbons (Fsp3) is 0.167. The van der Waals surface area contributed by atoms with E-state index in [1.807, 2.05) is 6.07 Å². The summed E-state index contributed by atoms with van der Waals surface area (Å²) in [4.78, 5) is 22.2. The smallest absolute Gasteiger partial charge is 0.344 e. The van der Waals surface area contributed by atoms with Crippen LogP contribution < -0.4 is 5.69 Å². The van der Waals surface area contributed by atoms with Gasteiger partial charge in [-0.2, -0.15) is 5.26 Å². The molecule has 0 unspecified atom stereocenters. The molecule has 8 heteroatoms. The number of nitrogens with one attached hydrogen (secondary N) is 1. The molecular weight excluding hydrogens is 280 g/mol. The van der Waals surface area contributed by atoms with Gasteiger partial charge in [0, 0.05) is 0 Å². The minimum absolute atomic E-state index is 0.169. The maximum Gasteiger partial charge on any atom is 0.344 e. The van der Waals surface area contributed by atoms with Crippen molar-refractivity contribution < 1.29 is 9.90 Å². The van der Waals surface area contributed by atoms with Gasteiger partial charge < -0.3 is 5.11 Å². The predicted molar refractivity (Wildman–Crippen MR) is 71.5 cm³/mol. The average Bonchev–Trinajstić information content (AvgIpc) is 2.78. The van der Waals surface area contributed by atoms with Crippen LogP contribution in [0.25, 0.3) is 0 Å². The van der Waals surface area contributed by atoms with E-state index >= 15 is 0 Å². The Hall–Kier alpha value is -2.53. The number of nitriles is 1. The predicted octanol–water partition coefficient (Wildman–Crippen LogP) is 0.668. The molecule has 0 saturated heterocycles. The lowest BCUT2D eigenvalue weighted by atomic mass is 10.1. The molecule has 20 heavy (non-hydrogen) atoms. The van der Waals surface area contributed by atoms with E-state index in [0.29, 0.717) is 10.7 Å². The Kier molecular flexibility index (Phi) is 4.22. The molecule has 102 valence electrons. The van der Waals surface area contributed by atoms with Crippen LogP contribution in [0, 0.1) is 11.3 Å². The number of hydrogen-bond donors (Lipinski definition) is 2. The number of H-pyrrole nitrogens is 1. The molecule has 0 aliphatic carbocycles. The third-order valence-electron chi connectivity index (χ3n) is 2.47. The van der Waals surface area contributed by atoms with Gasteiger partial charge in [0.05, 0.1) is 23.9 Å². The van der Waals surface area contributed by atoms with Crippen LogP contribution >= 0.6 is 11.8 Å². The topological polar surface area (TPSA) is 112 Å². The van der Waals surface area contributed by atoms with Crippen molar-refractivity contribution in [1.29, 1.82) is 5.26 Å². The number of aliphatic carboxylic acids is 1. The lowest BCUT2D eigenvalue weighted by Crippen LogP contribution is -2.18. The van der Waals surface area contributed by atoms with Crippen molar-refractivity contribution in [3.63, 3.8) is 0 Å². The third kappa shape index (κ3) is 3.27. The summed E-state index contributed by atoms with van der Waals surface area (Å²) in [6, 6.07) is 8.81. The highest BCUT2D eigenvalue weighted by Crippen LogP contribution is 2.14. The Labute approximate surface area is 117 Å². The third-order valence-corrected chi connectivity index (χ3v) is 3.43. The van der Waals surface area contributed by atoms with Crippen LogP contribution in [-0.4, -0.2) is 31.6 Å². The highest BCUT2D eigenvalue weighted by Gasteiger charge is 2.11. The summed E-state index contributed by atoms with van der Waals surface area (Å²) >= 11 is 0.972. The molecule has 0 bridgehead atoms. The highest BCUT2D eigenvalue weighted by molar-refractivity contribution is 7.99. The van der Waals surface area contributed by atoms with E-state index < -0.39 is 11.7 Å². The monoisotopic (exact) mass is 290 g/mol. The Bertz CT molecular complexity index is 712. The number of nitrogens with zero attached hydrogens (tertiary/aromatic N) is 3. The van der Waals surface area contributed by atoms with E-state index in [4.69, 9.17) is 10.4 Å². The molecular formula is C12H10N4O3S. The van der Waals surface area contributed by atoms with Gasteiger partial charge in [-0.15, -0.1) is 5.10 Å². The Morgan fingerprint density at radius 1 is 1.45 bits per heavy atom. The molecule has 0 aliphatic rings. The number of carboxylic acid groups (broad SMARTS) is 1. The Morgan fingerprint density at radius 2 is 2.15 bits per heavy atom. The molecule has 0 saturated carbocycles. The number of aromatic nitrogens is 3. The quantitative estimate of drug-likeness (QED) is 0.783. The van der Waals surface area contributed by atoms with Crippen LogP contribution in [0.1, 0.15) is 11.1 Å². The molecule has 1 aromatic heterocycles. The summed E-state index contributed by atoms with van der Waals surface area (Å²) in [5.74, 6) is -1.15. The van der Waals surface area contributed by atoms with E-state index in [0.717, 1.165) is 17.3 Å². The second kappa shape index (κ2) is 6.08. The second-order valence-electron chi connectivity index (χ2n) is 3.89. The molecule has 0 spiro atoms. The number of rotatable bonds is 5. The number of carbonyl (C=O) groups is 1. The summed E-state index contributed by atoms with van der Waals surface area (Å²) in [6.07, 6.45) is 0. The van der Waals surface area contributed by atoms with Crippen molar-refractivity contribution in [2.75, 3.05) is 5.75 Å². The van der Waals surface area contributed by atoms with Crippen LogP contribution in [0.15, 0.2) is 34.2 Å². The van der Waals surface area contributed by atoms with Crippen molar-refractivity contribution in [3.05, 3.63) is 45.9 Å². The van der Waals surface area contributed by atoms with E-state index in [1.54, 1.807) is 24.3 Å². The summed E-state index contributed by atoms with van der Waals surface area (Å²) in [5.41, 5.74) is 0.959. The van der Waals surface area contributed by atoms with E-state index in [-0.39, 0.29) is 12.3 Å². The first-order valence-electron chi connectivity index (χ1n) is 5.59. The van der Waals surface area contributed by atoms with Crippen LogP contribution in [0.2, 0.25) is 0 Å². The fourth-order valence-corrected chi connectivity index (χ4v) is 2.21. The van der Waals surface area contributed by atoms with Gasteiger partial charge in [0.1, 0.15) is 0 Å². The van der Waals surface area contributed by atoms with E-state index in [9.17, 15) is 9.59 Å². The van der Waals surface area contributed by atoms with Crippen LogP contribution in [0.4, 0.5) is 0 Å². The maximum atomic E-state index is 11.6. The van der Waals surface area contributed by atoms with Crippen molar-refractivity contribution in [1.82, 2.24) is 14.8 Å². The van der Waals surface area contributed by atoms with Crippen molar-refractivity contribution in [3.8, 4) is 6.07 Å². The zero-order chi connectivity index (χ0) is 14.5. The van der Waals surface area contributed by atoms with Crippen molar-refractivity contribution in [2.45, 2.75) is 11.7 Å². The first kappa shape index (κ1) is 13.9. The van der Waals surface area contributed by atoms with Crippen LogP contribution in [0.3, 0.4) is 0 Å². The average molecular weight is 290 g/mol.